The summed E-state index contributed by atoms with van der Waals surface area (Å²) in [5.74, 6) is 1.14. The summed E-state index contributed by atoms with van der Waals surface area (Å²) in [7, 11) is 0. The molecule has 2 rings (SSSR count). The molecule has 0 amide bonds. The van der Waals surface area contributed by atoms with Crippen molar-refractivity contribution < 1.29 is 5.11 Å². The molecule has 0 spiro atoms. The lowest BCUT2D eigenvalue weighted by molar-refractivity contribution is 0.299. The van der Waals surface area contributed by atoms with Gasteiger partial charge in [0.1, 0.15) is 5.75 Å². The number of benzene rings is 1. The second-order valence-electron chi connectivity index (χ2n) is 5.12. The van der Waals surface area contributed by atoms with Gasteiger partial charge in [0.15, 0.2) is 0 Å². The van der Waals surface area contributed by atoms with Crippen LogP contribution in [0.5, 0.6) is 5.75 Å². The Morgan fingerprint density at radius 1 is 1.41 bits per heavy atom. The van der Waals surface area contributed by atoms with Crippen LogP contribution in [0.2, 0.25) is 5.02 Å². The molecule has 0 saturated heterocycles. The highest BCUT2D eigenvalue weighted by molar-refractivity contribution is 6.30. The molecule has 1 aromatic rings. The first-order valence-electron chi connectivity index (χ1n) is 6.36. The molecule has 2 nitrogen and oxygen atoms in total. The first-order valence-corrected chi connectivity index (χ1v) is 6.73. The summed E-state index contributed by atoms with van der Waals surface area (Å²) in [5, 5.41) is 13.9. The van der Waals surface area contributed by atoms with Crippen LogP contribution in [0.4, 0.5) is 0 Å². The van der Waals surface area contributed by atoms with E-state index in [0.717, 1.165) is 11.5 Å². The number of hydrogen-bond donors (Lipinski definition) is 2. The van der Waals surface area contributed by atoms with E-state index < -0.39 is 0 Å². The van der Waals surface area contributed by atoms with Crippen LogP contribution in [-0.2, 0) is 6.54 Å². The van der Waals surface area contributed by atoms with E-state index in [1.165, 1.54) is 25.7 Å². The quantitative estimate of drug-likeness (QED) is 0.861. The predicted octanol–water partition coefficient (Wildman–Crippen LogP) is 3.71. The van der Waals surface area contributed by atoms with E-state index in [1.807, 2.05) is 6.07 Å². The Labute approximate surface area is 108 Å². The topological polar surface area (TPSA) is 32.3 Å². The van der Waals surface area contributed by atoms with Crippen molar-refractivity contribution in [2.45, 2.75) is 45.2 Å². The zero-order chi connectivity index (χ0) is 12.3. The number of halogens is 1. The van der Waals surface area contributed by atoms with E-state index in [4.69, 9.17) is 11.6 Å². The third-order valence-electron chi connectivity index (χ3n) is 3.56. The largest absolute Gasteiger partial charge is 0.508 e. The molecule has 1 aliphatic carbocycles. The third-order valence-corrected chi connectivity index (χ3v) is 3.79. The van der Waals surface area contributed by atoms with Crippen LogP contribution in [0.1, 0.15) is 38.2 Å². The van der Waals surface area contributed by atoms with Gasteiger partial charge in [-0.25, -0.2) is 0 Å². The molecule has 0 bridgehead atoms. The van der Waals surface area contributed by atoms with Crippen molar-refractivity contribution in [1.82, 2.24) is 5.32 Å². The van der Waals surface area contributed by atoms with E-state index in [9.17, 15) is 5.11 Å². The maximum Gasteiger partial charge on any atom is 0.120 e. The maximum absolute atomic E-state index is 9.72. The van der Waals surface area contributed by atoms with E-state index in [-0.39, 0.29) is 0 Å². The lowest BCUT2D eigenvalue weighted by Crippen LogP contribution is -2.33. The fraction of sp³-hybridized carbons (Fsp3) is 0.571. The van der Waals surface area contributed by atoms with Crippen LogP contribution in [0.3, 0.4) is 0 Å². The zero-order valence-corrected chi connectivity index (χ0v) is 11.0. The number of nitrogens with one attached hydrogen (secondary N) is 1. The lowest BCUT2D eigenvalue weighted by Gasteiger charge is -2.27. The Kier molecular flexibility index (Phi) is 4.30. The number of phenols is 1. The molecule has 1 saturated carbocycles. The molecule has 17 heavy (non-hydrogen) atoms. The van der Waals surface area contributed by atoms with Gasteiger partial charge in [0.2, 0.25) is 0 Å². The minimum Gasteiger partial charge on any atom is -0.508 e. The Balaban J connectivity index is 1.90. The number of hydrogen-bond acceptors (Lipinski definition) is 2. The van der Waals surface area contributed by atoms with Gasteiger partial charge in [-0.3, -0.25) is 0 Å². The van der Waals surface area contributed by atoms with Gasteiger partial charge in [-0.2, -0.15) is 0 Å². The monoisotopic (exact) mass is 253 g/mol. The molecule has 1 aromatic carbocycles. The van der Waals surface area contributed by atoms with Crippen molar-refractivity contribution in [2.75, 3.05) is 0 Å². The van der Waals surface area contributed by atoms with Gasteiger partial charge in [-0.05, 0) is 37.0 Å². The fourth-order valence-electron chi connectivity index (χ4n) is 2.57. The molecule has 0 aromatic heterocycles. The summed E-state index contributed by atoms with van der Waals surface area (Å²) < 4.78 is 0. The molecule has 1 aliphatic rings. The van der Waals surface area contributed by atoms with Crippen LogP contribution in [0.25, 0.3) is 0 Å². The van der Waals surface area contributed by atoms with Crippen molar-refractivity contribution in [3.05, 3.63) is 28.8 Å². The fourth-order valence-corrected chi connectivity index (χ4v) is 2.76. The average molecular weight is 254 g/mol. The standard InChI is InChI=1S/C14H20ClNO/c1-10-3-2-4-13(7-10)16-9-11-8-12(15)5-6-14(11)17/h5-6,8,10,13,16-17H,2-4,7,9H2,1H3. The van der Waals surface area contributed by atoms with Crippen molar-refractivity contribution >= 4 is 11.6 Å². The summed E-state index contributed by atoms with van der Waals surface area (Å²) >= 11 is 5.92. The Bertz CT molecular complexity index is 380. The number of aromatic hydroxyl groups is 1. The first-order chi connectivity index (χ1) is 8.15. The minimum absolute atomic E-state index is 0.325. The van der Waals surface area contributed by atoms with Gasteiger partial charge >= 0.3 is 0 Å². The van der Waals surface area contributed by atoms with E-state index in [1.54, 1.807) is 12.1 Å². The zero-order valence-electron chi connectivity index (χ0n) is 10.2. The predicted molar refractivity (Wildman–Crippen MR) is 71.4 cm³/mol. The first kappa shape index (κ1) is 12.7. The van der Waals surface area contributed by atoms with Gasteiger partial charge in [0.05, 0.1) is 0 Å². The van der Waals surface area contributed by atoms with Crippen molar-refractivity contribution in [3.63, 3.8) is 0 Å². The summed E-state index contributed by atoms with van der Waals surface area (Å²) in [5.41, 5.74) is 0.885. The van der Waals surface area contributed by atoms with Crippen LogP contribution >= 0.6 is 11.6 Å². The smallest absolute Gasteiger partial charge is 0.120 e. The Morgan fingerprint density at radius 3 is 3.00 bits per heavy atom. The molecule has 0 heterocycles. The summed E-state index contributed by atoms with van der Waals surface area (Å²) in [4.78, 5) is 0. The van der Waals surface area contributed by atoms with Gasteiger partial charge in [-0.15, -0.1) is 0 Å². The van der Waals surface area contributed by atoms with Crippen molar-refractivity contribution in [2.24, 2.45) is 5.92 Å². The maximum atomic E-state index is 9.72. The highest BCUT2D eigenvalue weighted by atomic mass is 35.5. The van der Waals surface area contributed by atoms with Gasteiger partial charge in [0.25, 0.3) is 0 Å². The molecule has 2 atom stereocenters. The highest BCUT2D eigenvalue weighted by Crippen LogP contribution is 2.25. The normalized spacial score (nSPS) is 24.8. The highest BCUT2D eigenvalue weighted by Gasteiger charge is 2.18. The number of rotatable bonds is 3. The van der Waals surface area contributed by atoms with Crippen LogP contribution in [0, 0.1) is 5.92 Å². The molecular formula is C14H20ClNO. The molecule has 2 unspecified atom stereocenters. The SMILES string of the molecule is CC1CCCC(NCc2cc(Cl)ccc2O)C1. The lowest BCUT2D eigenvalue weighted by atomic mass is 9.87. The second kappa shape index (κ2) is 5.74. The molecule has 0 radical (unpaired) electrons. The third kappa shape index (κ3) is 3.62. The Morgan fingerprint density at radius 2 is 2.24 bits per heavy atom. The molecule has 2 N–H and O–H groups in total. The van der Waals surface area contributed by atoms with E-state index in [2.05, 4.69) is 12.2 Å². The molecule has 0 aliphatic heterocycles. The number of phenolic OH excluding ortho intramolecular Hbond substituents is 1. The molecule has 94 valence electrons. The van der Waals surface area contributed by atoms with Crippen molar-refractivity contribution in [3.8, 4) is 5.75 Å². The summed E-state index contributed by atoms with van der Waals surface area (Å²) in [6.07, 6.45) is 5.13. The average Bonchev–Trinajstić information content (AvgIpc) is 2.30. The Hall–Kier alpha value is -0.730. The van der Waals surface area contributed by atoms with Gasteiger partial charge < -0.3 is 10.4 Å². The van der Waals surface area contributed by atoms with Crippen molar-refractivity contribution in [1.29, 1.82) is 0 Å². The van der Waals surface area contributed by atoms with E-state index >= 15 is 0 Å². The summed E-state index contributed by atoms with van der Waals surface area (Å²) in [6.45, 7) is 3.01. The van der Waals surface area contributed by atoms with Crippen LogP contribution in [-0.4, -0.2) is 11.1 Å². The second-order valence-corrected chi connectivity index (χ2v) is 5.56. The van der Waals surface area contributed by atoms with Crippen LogP contribution < -0.4 is 5.32 Å². The molecule has 1 fully saturated rings. The molecule has 3 heteroatoms. The van der Waals surface area contributed by atoms with E-state index in [0.29, 0.717) is 23.4 Å². The van der Waals surface area contributed by atoms with Gasteiger partial charge in [-0.1, -0.05) is 31.4 Å². The summed E-state index contributed by atoms with van der Waals surface area (Å²) in [6, 6.07) is 5.78. The van der Waals surface area contributed by atoms with Gasteiger partial charge in [0, 0.05) is 23.2 Å². The van der Waals surface area contributed by atoms with Crippen LogP contribution in [0.15, 0.2) is 18.2 Å². The minimum atomic E-state index is 0.325. The molecular weight excluding hydrogens is 234 g/mol.